The maximum atomic E-state index is 12.2. The number of cyclic esters (lactones) is 1. The van der Waals surface area contributed by atoms with Crippen LogP contribution in [0.15, 0.2) is 66.2 Å². The summed E-state index contributed by atoms with van der Waals surface area (Å²) in [6, 6.07) is 21.5. The number of hydrogen-bond donors (Lipinski definition) is 0. The highest BCUT2D eigenvalue weighted by molar-refractivity contribution is 6.05. The minimum absolute atomic E-state index is 0.368. The first-order valence-electron chi connectivity index (χ1n) is 9.01. The van der Waals surface area contributed by atoms with E-state index in [0.29, 0.717) is 37.3 Å². The van der Waals surface area contributed by atoms with Gasteiger partial charge < -0.3 is 9.64 Å². The number of benzene rings is 2. The van der Waals surface area contributed by atoms with Gasteiger partial charge in [-0.05, 0) is 29.8 Å². The Hall–Kier alpha value is -3.83. The third-order valence-corrected chi connectivity index (χ3v) is 4.35. The first-order valence-corrected chi connectivity index (χ1v) is 9.01. The molecule has 1 heterocycles. The zero-order chi connectivity index (χ0) is 19.8. The quantitative estimate of drug-likeness (QED) is 0.537. The second-order valence-corrected chi connectivity index (χ2v) is 6.26. The normalized spacial score (nSPS) is 14.1. The molecule has 2 aromatic rings. The van der Waals surface area contributed by atoms with Crippen LogP contribution in [0, 0.1) is 22.7 Å². The molecule has 0 atom stereocenters. The molecule has 0 N–H and O–H groups in total. The average molecular weight is 369 g/mol. The lowest BCUT2D eigenvalue weighted by Gasteiger charge is -2.22. The van der Waals surface area contributed by atoms with Gasteiger partial charge in [0.15, 0.2) is 0 Å². The molecule has 0 amide bonds. The maximum absolute atomic E-state index is 12.2. The van der Waals surface area contributed by atoms with Gasteiger partial charge in [-0.1, -0.05) is 42.5 Å². The van der Waals surface area contributed by atoms with Gasteiger partial charge in [0.25, 0.3) is 0 Å². The lowest BCUT2D eigenvalue weighted by Crippen LogP contribution is -2.25. The number of carbonyl (C=O) groups excluding carboxylic acids is 1. The molecule has 0 radical (unpaired) electrons. The van der Waals surface area contributed by atoms with Gasteiger partial charge in [-0.3, -0.25) is 0 Å². The van der Waals surface area contributed by atoms with Crippen molar-refractivity contribution in [2.24, 2.45) is 0 Å². The van der Waals surface area contributed by atoms with Crippen LogP contribution in [0.3, 0.4) is 0 Å². The SMILES string of the molecule is N#CCCN(CCC#N)c1ccc(/C=C2\C=C(c3ccccc3)OC2=O)cc1. The van der Waals surface area contributed by atoms with Crippen LogP contribution in [0.25, 0.3) is 11.8 Å². The lowest BCUT2D eigenvalue weighted by molar-refractivity contribution is -0.130. The topological polar surface area (TPSA) is 77.1 Å². The third kappa shape index (κ3) is 4.66. The Morgan fingerprint density at radius 3 is 2.18 bits per heavy atom. The molecule has 28 heavy (non-hydrogen) atoms. The summed E-state index contributed by atoms with van der Waals surface area (Å²) in [7, 11) is 0. The highest BCUT2D eigenvalue weighted by atomic mass is 16.5. The molecule has 0 aromatic heterocycles. The summed E-state index contributed by atoms with van der Waals surface area (Å²) in [6.45, 7) is 1.15. The van der Waals surface area contributed by atoms with Crippen LogP contribution in [-0.2, 0) is 9.53 Å². The fourth-order valence-electron chi connectivity index (χ4n) is 2.93. The van der Waals surface area contributed by atoms with Crippen molar-refractivity contribution in [2.75, 3.05) is 18.0 Å². The molecule has 0 unspecified atom stereocenters. The summed E-state index contributed by atoms with van der Waals surface area (Å²) in [5.74, 6) is 0.181. The number of nitriles is 2. The van der Waals surface area contributed by atoms with E-state index in [9.17, 15) is 4.79 Å². The van der Waals surface area contributed by atoms with Gasteiger partial charge in [0, 0.05) is 24.3 Å². The van der Waals surface area contributed by atoms with Crippen molar-refractivity contribution in [1.82, 2.24) is 0 Å². The number of nitrogens with zero attached hydrogens (tertiary/aromatic N) is 3. The maximum Gasteiger partial charge on any atom is 0.343 e. The first kappa shape index (κ1) is 18.9. The van der Waals surface area contributed by atoms with Crippen LogP contribution < -0.4 is 4.90 Å². The smallest absolute Gasteiger partial charge is 0.343 e. The standard InChI is InChI=1S/C23H19N3O2/c24-12-4-14-26(15-5-13-25)21-10-8-18(9-11-21)16-20-17-22(28-23(20)27)19-6-2-1-3-7-19/h1-3,6-11,16-17H,4-5,14-15H2/b20-16+. The zero-order valence-electron chi connectivity index (χ0n) is 15.3. The molecular formula is C23H19N3O2. The largest absolute Gasteiger partial charge is 0.422 e. The first-order chi connectivity index (χ1) is 13.7. The van der Waals surface area contributed by atoms with Crippen molar-refractivity contribution >= 4 is 23.5 Å². The molecule has 0 aliphatic carbocycles. The monoisotopic (exact) mass is 369 g/mol. The number of anilines is 1. The fraction of sp³-hybridized carbons (Fsp3) is 0.174. The number of esters is 1. The third-order valence-electron chi connectivity index (χ3n) is 4.35. The summed E-state index contributed by atoms with van der Waals surface area (Å²) in [4.78, 5) is 14.2. The number of ether oxygens (including phenoxy) is 1. The molecule has 138 valence electrons. The number of rotatable bonds is 7. The van der Waals surface area contributed by atoms with E-state index >= 15 is 0 Å². The lowest BCUT2D eigenvalue weighted by atomic mass is 10.1. The predicted octanol–water partition coefficient (Wildman–Crippen LogP) is 4.30. The summed E-state index contributed by atoms with van der Waals surface area (Å²) in [5, 5.41) is 17.6. The molecular weight excluding hydrogens is 350 g/mol. The molecule has 2 aromatic carbocycles. The Labute approximate surface area is 164 Å². The van der Waals surface area contributed by atoms with Crippen LogP contribution in [0.5, 0.6) is 0 Å². The van der Waals surface area contributed by atoms with Gasteiger partial charge in [0.2, 0.25) is 0 Å². The Bertz CT molecular complexity index is 959. The van der Waals surface area contributed by atoms with Crippen molar-refractivity contribution in [3.8, 4) is 12.1 Å². The van der Waals surface area contributed by atoms with Crippen molar-refractivity contribution in [1.29, 1.82) is 10.5 Å². The molecule has 1 aliphatic rings. The number of hydrogen-bond acceptors (Lipinski definition) is 5. The van der Waals surface area contributed by atoms with Gasteiger partial charge >= 0.3 is 5.97 Å². The van der Waals surface area contributed by atoms with E-state index in [-0.39, 0.29) is 5.97 Å². The highest BCUT2D eigenvalue weighted by Crippen LogP contribution is 2.27. The zero-order valence-corrected chi connectivity index (χ0v) is 15.3. The minimum atomic E-state index is -0.368. The van der Waals surface area contributed by atoms with E-state index < -0.39 is 0 Å². The molecule has 1 aliphatic heterocycles. The summed E-state index contributed by atoms with van der Waals surface area (Å²) < 4.78 is 5.37. The van der Waals surface area contributed by atoms with E-state index in [2.05, 4.69) is 12.1 Å². The number of carbonyl (C=O) groups is 1. The summed E-state index contributed by atoms with van der Waals surface area (Å²) in [5.41, 5.74) is 3.18. The fourth-order valence-corrected chi connectivity index (χ4v) is 2.93. The second kappa shape index (κ2) is 9.21. The molecule has 0 saturated carbocycles. The van der Waals surface area contributed by atoms with E-state index in [4.69, 9.17) is 15.3 Å². The average Bonchev–Trinajstić information content (AvgIpc) is 3.10. The van der Waals surface area contributed by atoms with E-state index in [1.165, 1.54) is 0 Å². The Morgan fingerprint density at radius 1 is 0.929 bits per heavy atom. The Balaban J connectivity index is 1.77. The van der Waals surface area contributed by atoms with E-state index in [1.807, 2.05) is 59.5 Å². The van der Waals surface area contributed by atoms with Gasteiger partial charge in [-0.25, -0.2) is 4.79 Å². The minimum Gasteiger partial charge on any atom is -0.422 e. The van der Waals surface area contributed by atoms with Crippen LogP contribution in [-0.4, -0.2) is 19.1 Å². The summed E-state index contributed by atoms with van der Waals surface area (Å²) >= 11 is 0. The summed E-state index contributed by atoms with van der Waals surface area (Å²) in [6.07, 6.45) is 4.33. The van der Waals surface area contributed by atoms with Gasteiger partial charge in [-0.15, -0.1) is 0 Å². The molecule has 3 rings (SSSR count). The van der Waals surface area contributed by atoms with Crippen molar-refractivity contribution in [3.63, 3.8) is 0 Å². The van der Waals surface area contributed by atoms with Crippen molar-refractivity contribution < 1.29 is 9.53 Å². The van der Waals surface area contributed by atoms with Gasteiger partial charge in [-0.2, -0.15) is 10.5 Å². The Kier molecular flexibility index (Phi) is 6.23. The highest BCUT2D eigenvalue weighted by Gasteiger charge is 2.21. The molecule has 5 nitrogen and oxygen atoms in total. The predicted molar refractivity (Wildman–Crippen MR) is 108 cm³/mol. The van der Waals surface area contributed by atoms with Crippen LogP contribution in [0.2, 0.25) is 0 Å². The van der Waals surface area contributed by atoms with Crippen LogP contribution in [0.1, 0.15) is 24.0 Å². The van der Waals surface area contributed by atoms with E-state index in [0.717, 1.165) is 16.8 Å². The Morgan fingerprint density at radius 2 is 1.57 bits per heavy atom. The molecule has 0 spiro atoms. The van der Waals surface area contributed by atoms with Crippen molar-refractivity contribution in [3.05, 3.63) is 77.4 Å². The second-order valence-electron chi connectivity index (χ2n) is 6.26. The van der Waals surface area contributed by atoms with Gasteiger partial charge in [0.05, 0.1) is 30.6 Å². The molecule has 0 fully saturated rings. The van der Waals surface area contributed by atoms with E-state index in [1.54, 1.807) is 12.2 Å². The molecule has 0 saturated heterocycles. The van der Waals surface area contributed by atoms with Gasteiger partial charge in [0.1, 0.15) is 5.76 Å². The van der Waals surface area contributed by atoms with Crippen molar-refractivity contribution in [2.45, 2.75) is 12.8 Å². The molecule has 5 heteroatoms. The van der Waals surface area contributed by atoms with Crippen LogP contribution in [0.4, 0.5) is 5.69 Å². The van der Waals surface area contributed by atoms with Crippen LogP contribution >= 0.6 is 0 Å². The molecule has 0 bridgehead atoms.